The number of hydrogen-bond acceptors (Lipinski definition) is 2. The zero-order valence-corrected chi connectivity index (χ0v) is 5.13. The molecule has 0 bridgehead atoms. The molecule has 0 spiro atoms. The first-order valence-corrected chi connectivity index (χ1v) is 2.87. The summed E-state index contributed by atoms with van der Waals surface area (Å²) in [5.74, 6) is 1.45. The Morgan fingerprint density at radius 3 is 2.90 bits per heavy atom. The first-order valence-electron chi connectivity index (χ1n) is 2.87. The summed E-state index contributed by atoms with van der Waals surface area (Å²) >= 11 is 0. The van der Waals surface area contributed by atoms with Crippen molar-refractivity contribution in [1.29, 1.82) is 0 Å². The van der Waals surface area contributed by atoms with E-state index in [1.54, 1.807) is 18.6 Å². The zero-order chi connectivity index (χ0) is 6.81. The molecule has 2 aromatic heterocycles. The van der Waals surface area contributed by atoms with Crippen molar-refractivity contribution < 1.29 is 0 Å². The molecule has 4 heteroatoms. The van der Waals surface area contributed by atoms with Crippen LogP contribution < -0.4 is 0 Å². The van der Waals surface area contributed by atoms with Crippen LogP contribution in [0.5, 0.6) is 0 Å². The van der Waals surface area contributed by atoms with Gasteiger partial charge in [-0.1, -0.05) is 0 Å². The topological polar surface area (TPSA) is 57.4 Å². The fraction of sp³-hybridized carbons (Fsp3) is 0. The van der Waals surface area contributed by atoms with Crippen LogP contribution in [0.25, 0.3) is 11.6 Å². The molecule has 0 aromatic carbocycles. The largest absolute Gasteiger partial charge is 0.342 e. The van der Waals surface area contributed by atoms with Gasteiger partial charge in [0.15, 0.2) is 11.6 Å². The summed E-state index contributed by atoms with van der Waals surface area (Å²) in [5, 5.41) is 0. The van der Waals surface area contributed by atoms with Gasteiger partial charge in [0.2, 0.25) is 0 Å². The molecular weight excluding hydrogens is 128 g/mol. The molecule has 0 aliphatic heterocycles. The zero-order valence-electron chi connectivity index (χ0n) is 5.13. The van der Waals surface area contributed by atoms with E-state index in [1.807, 2.05) is 0 Å². The Hall–Kier alpha value is -1.58. The SMILES string of the molecule is [c]1cnc(-c2ncc[nH]2)[nH]1. The van der Waals surface area contributed by atoms with Crippen molar-refractivity contribution in [3.63, 3.8) is 0 Å². The second-order valence-electron chi connectivity index (χ2n) is 1.81. The molecule has 1 radical (unpaired) electrons. The molecule has 0 amide bonds. The van der Waals surface area contributed by atoms with Crippen molar-refractivity contribution in [3.05, 3.63) is 24.8 Å². The van der Waals surface area contributed by atoms with Gasteiger partial charge in [-0.15, -0.1) is 0 Å². The van der Waals surface area contributed by atoms with Crippen LogP contribution in [0, 0.1) is 6.20 Å². The number of H-pyrrole nitrogens is 2. The van der Waals surface area contributed by atoms with E-state index in [0.717, 1.165) is 5.82 Å². The second kappa shape index (κ2) is 1.98. The van der Waals surface area contributed by atoms with E-state index in [4.69, 9.17) is 0 Å². The average Bonchev–Trinajstić information content (AvgIpc) is 2.59. The molecule has 0 saturated carbocycles. The molecule has 0 atom stereocenters. The fourth-order valence-electron chi connectivity index (χ4n) is 0.745. The summed E-state index contributed by atoms with van der Waals surface area (Å²) in [6, 6.07) is 0. The standard InChI is InChI=1S/C6H5N4/c1-2-8-5(7-1)6-9-3-4-10-6/h1-3H,(H,7,8)(H,9,10). The summed E-state index contributed by atoms with van der Waals surface area (Å²) < 4.78 is 0. The Bertz CT molecular complexity index is 249. The molecule has 10 heavy (non-hydrogen) atoms. The quantitative estimate of drug-likeness (QED) is 0.598. The Labute approximate surface area is 57.3 Å². The lowest BCUT2D eigenvalue weighted by Gasteiger charge is -1.84. The number of nitrogens with zero attached hydrogens (tertiary/aromatic N) is 2. The number of aromatic nitrogens is 4. The number of rotatable bonds is 1. The van der Waals surface area contributed by atoms with Crippen LogP contribution in [-0.4, -0.2) is 19.9 Å². The highest BCUT2D eigenvalue weighted by molar-refractivity contribution is 5.41. The molecule has 0 aliphatic rings. The molecule has 49 valence electrons. The minimum Gasteiger partial charge on any atom is -0.342 e. The molecule has 0 fully saturated rings. The summed E-state index contributed by atoms with van der Waals surface area (Å²) in [6.45, 7) is 0. The van der Waals surface area contributed by atoms with Gasteiger partial charge in [-0.25, -0.2) is 9.97 Å². The number of imidazole rings is 2. The van der Waals surface area contributed by atoms with Gasteiger partial charge in [-0.05, 0) is 0 Å². The maximum Gasteiger partial charge on any atom is 0.174 e. The van der Waals surface area contributed by atoms with Crippen molar-refractivity contribution >= 4 is 0 Å². The highest BCUT2D eigenvalue weighted by Gasteiger charge is 1.98. The van der Waals surface area contributed by atoms with Gasteiger partial charge in [0.25, 0.3) is 0 Å². The predicted octanol–water partition coefficient (Wildman–Crippen LogP) is 0.600. The normalized spacial score (nSPS) is 10.0. The maximum absolute atomic E-state index is 3.99. The van der Waals surface area contributed by atoms with Crippen LogP contribution in [0.1, 0.15) is 0 Å². The Balaban J connectivity index is 2.48. The van der Waals surface area contributed by atoms with Gasteiger partial charge in [-0.3, -0.25) is 0 Å². The highest BCUT2D eigenvalue weighted by Crippen LogP contribution is 2.04. The van der Waals surface area contributed by atoms with Crippen molar-refractivity contribution in [2.75, 3.05) is 0 Å². The lowest BCUT2D eigenvalue weighted by molar-refractivity contribution is 1.20. The summed E-state index contributed by atoms with van der Waals surface area (Å²) in [7, 11) is 0. The summed E-state index contributed by atoms with van der Waals surface area (Å²) in [6.07, 6.45) is 7.72. The van der Waals surface area contributed by atoms with Crippen LogP contribution in [-0.2, 0) is 0 Å². The Kier molecular flexibility index (Phi) is 1.04. The van der Waals surface area contributed by atoms with E-state index in [1.165, 1.54) is 0 Å². The molecule has 2 aromatic rings. The lowest BCUT2D eigenvalue weighted by atomic mass is 10.6. The Morgan fingerprint density at radius 2 is 2.30 bits per heavy atom. The van der Waals surface area contributed by atoms with Gasteiger partial charge in [0, 0.05) is 12.4 Å². The minimum atomic E-state index is 0.713. The van der Waals surface area contributed by atoms with E-state index in [9.17, 15) is 0 Å². The highest BCUT2D eigenvalue weighted by atomic mass is 15.0. The molecule has 0 aliphatic carbocycles. The summed E-state index contributed by atoms with van der Waals surface area (Å²) in [4.78, 5) is 13.7. The van der Waals surface area contributed by atoms with E-state index in [-0.39, 0.29) is 0 Å². The van der Waals surface area contributed by atoms with Gasteiger partial charge < -0.3 is 9.97 Å². The van der Waals surface area contributed by atoms with E-state index in [2.05, 4.69) is 26.1 Å². The predicted molar refractivity (Wildman–Crippen MR) is 35.0 cm³/mol. The molecule has 2 rings (SSSR count). The first-order chi connectivity index (χ1) is 4.97. The van der Waals surface area contributed by atoms with Gasteiger partial charge >= 0.3 is 0 Å². The monoisotopic (exact) mass is 133 g/mol. The third kappa shape index (κ3) is 0.699. The molecule has 2 heterocycles. The fourth-order valence-corrected chi connectivity index (χ4v) is 0.745. The number of nitrogens with one attached hydrogen (secondary N) is 2. The smallest absolute Gasteiger partial charge is 0.174 e. The van der Waals surface area contributed by atoms with Crippen LogP contribution in [0.15, 0.2) is 18.6 Å². The van der Waals surface area contributed by atoms with Gasteiger partial charge in [0.1, 0.15) is 0 Å². The van der Waals surface area contributed by atoms with Gasteiger partial charge in [-0.2, -0.15) is 0 Å². The molecule has 2 N–H and O–H groups in total. The van der Waals surface area contributed by atoms with E-state index in [0.29, 0.717) is 5.82 Å². The van der Waals surface area contributed by atoms with Gasteiger partial charge in [0.05, 0.1) is 12.4 Å². The molecule has 0 unspecified atom stereocenters. The summed E-state index contributed by atoms with van der Waals surface area (Å²) in [5.41, 5.74) is 0. The Morgan fingerprint density at radius 1 is 1.30 bits per heavy atom. The van der Waals surface area contributed by atoms with Crippen molar-refractivity contribution in [3.8, 4) is 11.6 Å². The van der Waals surface area contributed by atoms with E-state index >= 15 is 0 Å². The van der Waals surface area contributed by atoms with Crippen molar-refractivity contribution in [1.82, 2.24) is 19.9 Å². The lowest BCUT2D eigenvalue weighted by Crippen LogP contribution is -1.80. The maximum atomic E-state index is 3.99. The third-order valence-electron chi connectivity index (χ3n) is 1.17. The number of aromatic amines is 2. The van der Waals surface area contributed by atoms with E-state index < -0.39 is 0 Å². The second-order valence-corrected chi connectivity index (χ2v) is 1.81. The van der Waals surface area contributed by atoms with Crippen molar-refractivity contribution in [2.45, 2.75) is 0 Å². The molecular formula is C6H5N4. The molecule has 4 nitrogen and oxygen atoms in total. The van der Waals surface area contributed by atoms with Crippen LogP contribution >= 0.6 is 0 Å². The van der Waals surface area contributed by atoms with Crippen LogP contribution in [0.3, 0.4) is 0 Å². The van der Waals surface area contributed by atoms with Crippen molar-refractivity contribution in [2.24, 2.45) is 0 Å². The molecule has 0 saturated heterocycles. The van der Waals surface area contributed by atoms with Crippen LogP contribution in [0.2, 0.25) is 0 Å². The minimum absolute atomic E-state index is 0.713. The van der Waals surface area contributed by atoms with Crippen LogP contribution in [0.4, 0.5) is 0 Å². The number of hydrogen-bond donors (Lipinski definition) is 2. The average molecular weight is 133 g/mol. The first kappa shape index (κ1) is 5.22. The third-order valence-corrected chi connectivity index (χ3v) is 1.17.